The average molecular weight is 285 g/mol. The average Bonchev–Trinajstić information content (AvgIpc) is 1.78. The molecule has 3 nitrogen and oxygen atoms in total. The van der Waals surface area contributed by atoms with Crippen LogP contribution in [0.4, 0.5) is 5.69 Å². The van der Waals surface area contributed by atoms with Gasteiger partial charge in [-0.2, -0.15) is 0 Å². The van der Waals surface area contributed by atoms with Crippen LogP contribution in [0.3, 0.4) is 0 Å². The topological polar surface area (TPSA) is 46.2 Å². The number of nitrogens with one attached hydrogen (secondary N) is 1. The molecule has 1 N–H and O–H groups in total. The molecule has 1 rings (SSSR count). The summed E-state index contributed by atoms with van der Waals surface area (Å²) in [4.78, 5) is 0. The molecule has 0 aliphatic heterocycles. The Labute approximate surface area is 90.3 Å². The summed E-state index contributed by atoms with van der Waals surface area (Å²) in [5, 5.41) is 0.473. The van der Waals surface area contributed by atoms with Crippen LogP contribution in [0.5, 0.6) is 0 Å². The van der Waals surface area contributed by atoms with E-state index in [0.717, 1.165) is 10.7 Å². The number of halogens is 2. The van der Waals surface area contributed by atoms with Crippen LogP contribution in [-0.4, -0.2) is 14.7 Å². The molecule has 0 amide bonds. The molecule has 0 radical (unpaired) electrons. The van der Waals surface area contributed by atoms with E-state index in [-0.39, 0.29) is 0 Å². The summed E-state index contributed by atoms with van der Waals surface area (Å²) in [6.07, 6.45) is 1.09. The second-order valence-electron chi connectivity index (χ2n) is 2.53. The molecule has 0 saturated carbocycles. The minimum atomic E-state index is -3.24. The van der Waals surface area contributed by atoms with Crippen molar-refractivity contribution in [3.63, 3.8) is 0 Å². The lowest BCUT2D eigenvalue weighted by molar-refractivity contribution is 0.607. The fourth-order valence-corrected chi connectivity index (χ4v) is 2.23. The van der Waals surface area contributed by atoms with Crippen LogP contribution in [0.15, 0.2) is 22.7 Å². The minimum absolute atomic E-state index is 0.446. The molecule has 13 heavy (non-hydrogen) atoms. The Hall–Kier alpha value is -0.260. The number of rotatable bonds is 2. The molecule has 0 unspecified atom stereocenters. The van der Waals surface area contributed by atoms with Gasteiger partial charge in [0.05, 0.1) is 11.9 Å². The quantitative estimate of drug-likeness (QED) is 0.907. The van der Waals surface area contributed by atoms with Gasteiger partial charge in [-0.3, -0.25) is 4.72 Å². The molecular weight excluding hydrogens is 278 g/mol. The van der Waals surface area contributed by atoms with E-state index >= 15 is 0 Å². The van der Waals surface area contributed by atoms with Crippen molar-refractivity contribution >= 4 is 43.2 Å². The Morgan fingerprint density at radius 2 is 2.00 bits per heavy atom. The van der Waals surface area contributed by atoms with Crippen molar-refractivity contribution in [2.45, 2.75) is 0 Å². The highest BCUT2D eigenvalue weighted by atomic mass is 79.9. The first-order valence-corrected chi connectivity index (χ1v) is 6.37. The molecule has 6 heteroatoms. The molecule has 0 aliphatic carbocycles. The lowest BCUT2D eigenvalue weighted by atomic mass is 10.3. The van der Waals surface area contributed by atoms with Gasteiger partial charge in [0.25, 0.3) is 0 Å². The monoisotopic (exact) mass is 283 g/mol. The SMILES string of the molecule is CS(=O)(=O)Nc1cc(Cl)cc(Br)c1. The van der Waals surface area contributed by atoms with Gasteiger partial charge in [-0.05, 0) is 18.2 Å². The third kappa shape index (κ3) is 3.97. The molecule has 0 bridgehead atoms. The smallest absolute Gasteiger partial charge is 0.229 e. The Morgan fingerprint density at radius 3 is 2.46 bits per heavy atom. The van der Waals surface area contributed by atoms with Gasteiger partial charge in [-0.1, -0.05) is 27.5 Å². The van der Waals surface area contributed by atoms with Crippen LogP contribution >= 0.6 is 27.5 Å². The maximum atomic E-state index is 10.9. The van der Waals surface area contributed by atoms with Crippen molar-refractivity contribution in [2.75, 3.05) is 11.0 Å². The number of anilines is 1. The van der Waals surface area contributed by atoms with Crippen molar-refractivity contribution in [3.8, 4) is 0 Å². The van der Waals surface area contributed by atoms with E-state index < -0.39 is 10.0 Å². The molecule has 1 aromatic carbocycles. The zero-order valence-corrected chi connectivity index (χ0v) is 9.87. The van der Waals surface area contributed by atoms with Gasteiger partial charge in [0.1, 0.15) is 0 Å². The highest BCUT2D eigenvalue weighted by Gasteiger charge is 2.03. The summed E-state index contributed by atoms with van der Waals surface area (Å²) in [5.41, 5.74) is 0.446. The maximum Gasteiger partial charge on any atom is 0.229 e. The molecule has 0 aliphatic rings. The molecule has 0 atom stereocenters. The van der Waals surface area contributed by atoms with Crippen molar-refractivity contribution < 1.29 is 8.42 Å². The van der Waals surface area contributed by atoms with Crippen LogP contribution < -0.4 is 4.72 Å². The van der Waals surface area contributed by atoms with Crippen LogP contribution in [-0.2, 0) is 10.0 Å². The third-order valence-electron chi connectivity index (χ3n) is 1.17. The normalized spacial score (nSPS) is 11.3. The predicted octanol–water partition coefficient (Wildman–Crippen LogP) is 2.47. The Balaban J connectivity index is 3.03. The Morgan fingerprint density at radius 1 is 1.38 bits per heavy atom. The van der Waals surface area contributed by atoms with Gasteiger partial charge in [0.2, 0.25) is 10.0 Å². The van der Waals surface area contributed by atoms with Crippen LogP contribution in [0.2, 0.25) is 5.02 Å². The van der Waals surface area contributed by atoms with Crippen LogP contribution in [0, 0.1) is 0 Å². The summed E-state index contributed by atoms with van der Waals surface area (Å²) < 4.78 is 24.8. The van der Waals surface area contributed by atoms with E-state index in [9.17, 15) is 8.42 Å². The van der Waals surface area contributed by atoms with Gasteiger partial charge >= 0.3 is 0 Å². The van der Waals surface area contributed by atoms with Crippen molar-refractivity contribution in [1.29, 1.82) is 0 Å². The number of hydrogen-bond donors (Lipinski definition) is 1. The molecule has 0 saturated heterocycles. The molecule has 0 spiro atoms. The zero-order valence-electron chi connectivity index (χ0n) is 6.71. The highest BCUT2D eigenvalue weighted by Crippen LogP contribution is 2.23. The number of sulfonamides is 1. The van der Waals surface area contributed by atoms with Gasteiger partial charge < -0.3 is 0 Å². The van der Waals surface area contributed by atoms with E-state index in [1.54, 1.807) is 12.1 Å². The van der Waals surface area contributed by atoms with Gasteiger partial charge in [-0.25, -0.2) is 8.42 Å². The van der Waals surface area contributed by atoms with Gasteiger partial charge in [0.15, 0.2) is 0 Å². The van der Waals surface area contributed by atoms with E-state index in [0.29, 0.717) is 10.7 Å². The minimum Gasteiger partial charge on any atom is -0.284 e. The Kier molecular flexibility index (Phi) is 3.21. The molecule has 72 valence electrons. The lowest BCUT2D eigenvalue weighted by Gasteiger charge is -2.04. The molecule has 0 aromatic heterocycles. The van der Waals surface area contributed by atoms with E-state index in [4.69, 9.17) is 11.6 Å². The summed E-state index contributed by atoms with van der Waals surface area (Å²) >= 11 is 8.92. The summed E-state index contributed by atoms with van der Waals surface area (Å²) in [6.45, 7) is 0. The highest BCUT2D eigenvalue weighted by molar-refractivity contribution is 9.10. The van der Waals surface area contributed by atoms with Gasteiger partial charge in [0, 0.05) is 9.50 Å². The number of hydrogen-bond acceptors (Lipinski definition) is 2. The van der Waals surface area contributed by atoms with Crippen molar-refractivity contribution in [2.24, 2.45) is 0 Å². The van der Waals surface area contributed by atoms with Crippen LogP contribution in [0.25, 0.3) is 0 Å². The fourth-order valence-electron chi connectivity index (χ4n) is 0.827. The molecule has 0 fully saturated rings. The fraction of sp³-hybridized carbons (Fsp3) is 0.143. The molecular formula is C7H7BrClNO2S. The second kappa shape index (κ2) is 3.86. The Bertz CT molecular complexity index is 398. The maximum absolute atomic E-state index is 10.9. The summed E-state index contributed by atoms with van der Waals surface area (Å²) in [7, 11) is -3.24. The van der Waals surface area contributed by atoms with Crippen molar-refractivity contribution in [3.05, 3.63) is 27.7 Å². The van der Waals surface area contributed by atoms with E-state index in [1.807, 2.05) is 0 Å². The van der Waals surface area contributed by atoms with E-state index in [2.05, 4.69) is 20.7 Å². The summed E-state index contributed by atoms with van der Waals surface area (Å²) in [5.74, 6) is 0. The summed E-state index contributed by atoms with van der Waals surface area (Å²) in [6, 6.07) is 4.84. The van der Waals surface area contributed by atoms with Gasteiger partial charge in [-0.15, -0.1) is 0 Å². The first kappa shape index (κ1) is 10.8. The lowest BCUT2D eigenvalue weighted by Crippen LogP contribution is -2.09. The first-order valence-electron chi connectivity index (χ1n) is 3.31. The zero-order chi connectivity index (χ0) is 10.1. The van der Waals surface area contributed by atoms with Crippen LogP contribution in [0.1, 0.15) is 0 Å². The second-order valence-corrected chi connectivity index (χ2v) is 5.63. The van der Waals surface area contributed by atoms with E-state index in [1.165, 1.54) is 6.07 Å². The predicted molar refractivity (Wildman–Crippen MR) is 57.6 cm³/mol. The molecule has 1 aromatic rings. The first-order chi connectivity index (χ1) is 5.87. The van der Waals surface area contributed by atoms with Crippen molar-refractivity contribution in [1.82, 2.24) is 0 Å². The standard InChI is InChI=1S/C7H7BrClNO2S/c1-13(11,12)10-7-3-5(8)2-6(9)4-7/h2-4,10H,1H3. The number of benzene rings is 1. The molecule has 0 heterocycles. The largest absolute Gasteiger partial charge is 0.284 e. The third-order valence-corrected chi connectivity index (χ3v) is 2.45.